The number of imide groups is 1. The lowest BCUT2D eigenvalue weighted by molar-refractivity contribution is -0.385. The molecule has 3 rings (SSSR count). The lowest BCUT2D eigenvalue weighted by Crippen LogP contribution is -2.45. The highest BCUT2D eigenvalue weighted by atomic mass is 32.2. The van der Waals surface area contributed by atoms with Gasteiger partial charge >= 0.3 is 0 Å². The first kappa shape index (κ1) is 18.6. The molecule has 1 aliphatic heterocycles. The first-order valence-electron chi connectivity index (χ1n) is 7.95. The Morgan fingerprint density at radius 2 is 1.89 bits per heavy atom. The molecule has 0 bridgehead atoms. The van der Waals surface area contributed by atoms with Crippen molar-refractivity contribution in [2.24, 2.45) is 0 Å². The summed E-state index contributed by atoms with van der Waals surface area (Å²) in [6.45, 7) is 1.40. The number of rotatable bonds is 5. The monoisotopic (exact) mass is 385 g/mol. The highest BCUT2D eigenvalue weighted by Crippen LogP contribution is 2.32. The van der Waals surface area contributed by atoms with Crippen LogP contribution >= 0.6 is 11.8 Å². The van der Waals surface area contributed by atoms with E-state index < -0.39 is 34.4 Å². The smallest absolute Gasteiger partial charge is 0.282 e. The lowest BCUT2D eigenvalue weighted by Gasteiger charge is -2.21. The number of nitro benzene ring substituents is 1. The van der Waals surface area contributed by atoms with Gasteiger partial charge in [-0.25, -0.2) is 0 Å². The van der Waals surface area contributed by atoms with Crippen LogP contribution in [0.3, 0.4) is 0 Å². The van der Waals surface area contributed by atoms with Gasteiger partial charge < -0.3 is 5.32 Å². The summed E-state index contributed by atoms with van der Waals surface area (Å²) in [7, 11) is 0. The maximum atomic E-state index is 12.6. The van der Waals surface area contributed by atoms with E-state index in [2.05, 4.69) is 5.32 Å². The van der Waals surface area contributed by atoms with E-state index in [1.165, 1.54) is 30.8 Å². The fourth-order valence-electron chi connectivity index (χ4n) is 2.85. The molecule has 9 heteroatoms. The fraction of sp³-hybridized carbons (Fsp3) is 0.167. The second-order valence-electron chi connectivity index (χ2n) is 5.83. The summed E-state index contributed by atoms with van der Waals surface area (Å²) in [5.41, 5.74) is -0.273. The van der Waals surface area contributed by atoms with Crippen LogP contribution in [0.2, 0.25) is 0 Å². The van der Waals surface area contributed by atoms with Crippen LogP contribution in [0.25, 0.3) is 0 Å². The van der Waals surface area contributed by atoms with Crippen molar-refractivity contribution in [3.05, 3.63) is 63.7 Å². The van der Waals surface area contributed by atoms with E-state index in [0.29, 0.717) is 5.69 Å². The van der Waals surface area contributed by atoms with Gasteiger partial charge in [-0.1, -0.05) is 12.1 Å². The number of fused-ring (bicyclic) bond motifs is 1. The Labute approximate surface area is 158 Å². The molecule has 0 unspecified atom stereocenters. The Morgan fingerprint density at radius 1 is 1.19 bits per heavy atom. The van der Waals surface area contributed by atoms with Crippen molar-refractivity contribution in [3.63, 3.8) is 0 Å². The SMILES string of the molecule is CSc1cccc(NC(=O)[C@H](C)N2C(=O)c3cccc([N+](=O)[O-])c3C2=O)c1. The molecule has 3 amide bonds. The third-order valence-electron chi connectivity index (χ3n) is 4.23. The first-order valence-corrected chi connectivity index (χ1v) is 9.18. The summed E-state index contributed by atoms with van der Waals surface area (Å²) in [4.78, 5) is 49.9. The Balaban J connectivity index is 1.87. The molecular formula is C18H15N3O5S. The van der Waals surface area contributed by atoms with Crippen molar-refractivity contribution >= 4 is 40.9 Å². The Hall–Kier alpha value is -3.20. The summed E-state index contributed by atoms with van der Waals surface area (Å²) >= 11 is 1.51. The van der Waals surface area contributed by atoms with Gasteiger partial charge in [0.05, 0.1) is 10.5 Å². The topological polar surface area (TPSA) is 110 Å². The van der Waals surface area contributed by atoms with Gasteiger partial charge in [0.25, 0.3) is 17.5 Å². The van der Waals surface area contributed by atoms with Gasteiger partial charge in [0.15, 0.2) is 0 Å². The molecule has 2 aromatic rings. The molecule has 0 aliphatic carbocycles. The van der Waals surface area contributed by atoms with E-state index in [1.807, 2.05) is 12.3 Å². The number of benzene rings is 2. The summed E-state index contributed by atoms with van der Waals surface area (Å²) in [5.74, 6) is -2.13. The van der Waals surface area contributed by atoms with Crippen LogP contribution in [-0.2, 0) is 4.79 Å². The molecule has 0 saturated heterocycles. The number of thioether (sulfide) groups is 1. The molecule has 8 nitrogen and oxygen atoms in total. The molecule has 1 heterocycles. The van der Waals surface area contributed by atoms with Crippen LogP contribution in [-0.4, -0.2) is 39.8 Å². The molecule has 0 aromatic heterocycles. The average Bonchev–Trinajstić information content (AvgIpc) is 2.92. The number of nitrogens with one attached hydrogen (secondary N) is 1. The molecule has 0 fully saturated rings. The quantitative estimate of drug-likeness (QED) is 0.367. The third kappa shape index (κ3) is 3.28. The summed E-state index contributed by atoms with van der Waals surface area (Å²) < 4.78 is 0. The van der Waals surface area contributed by atoms with Crippen LogP contribution in [0, 0.1) is 10.1 Å². The standard InChI is InChI=1S/C18H15N3O5S/c1-10(16(22)19-11-5-3-6-12(9-11)27-2)20-17(23)13-7-4-8-14(21(25)26)15(13)18(20)24/h3-10H,1-2H3,(H,19,22)/t10-/m0/s1. The normalized spacial score (nSPS) is 14.1. The van der Waals surface area contributed by atoms with Crippen molar-refractivity contribution in [2.75, 3.05) is 11.6 Å². The average molecular weight is 385 g/mol. The van der Waals surface area contributed by atoms with Gasteiger partial charge in [-0.05, 0) is 37.4 Å². The minimum Gasteiger partial charge on any atom is -0.324 e. The van der Waals surface area contributed by atoms with E-state index >= 15 is 0 Å². The molecule has 2 aromatic carbocycles. The third-order valence-corrected chi connectivity index (χ3v) is 4.95. The van der Waals surface area contributed by atoms with Gasteiger partial charge in [0, 0.05) is 16.6 Å². The maximum absolute atomic E-state index is 12.6. The second-order valence-corrected chi connectivity index (χ2v) is 6.71. The summed E-state index contributed by atoms with van der Waals surface area (Å²) in [6, 6.07) is 9.82. The number of carbonyl (C=O) groups is 3. The van der Waals surface area contributed by atoms with Crippen LogP contribution < -0.4 is 5.32 Å². The minimum absolute atomic E-state index is 0.0711. The van der Waals surface area contributed by atoms with E-state index in [4.69, 9.17) is 0 Å². The van der Waals surface area contributed by atoms with Crippen molar-refractivity contribution in [1.82, 2.24) is 4.90 Å². The zero-order valence-corrected chi connectivity index (χ0v) is 15.3. The molecule has 1 N–H and O–H groups in total. The van der Waals surface area contributed by atoms with Crippen LogP contribution in [0.4, 0.5) is 11.4 Å². The zero-order valence-electron chi connectivity index (χ0n) is 14.5. The second kappa shape index (κ2) is 7.20. The highest BCUT2D eigenvalue weighted by molar-refractivity contribution is 7.98. The van der Waals surface area contributed by atoms with Crippen molar-refractivity contribution in [2.45, 2.75) is 17.9 Å². The molecular weight excluding hydrogens is 370 g/mol. The van der Waals surface area contributed by atoms with E-state index in [9.17, 15) is 24.5 Å². The van der Waals surface area contributed by atoms with Gasteiger partial charge in [-0.2, -0.15) is 0 Å². The Kier molecular flexibility index (Phi) is 4.95. The van der Waals surface area contributed by atoms with Crippen LogP contribution in [0.15, 0.2) is 47.4 Å². The van der Waals surface area contributed by atoms with Crippen molar-refractivity contribution in [3.8, 4) is 0 Å². The molecule has 138 valence electrons. The number of nitrogens with zero attached hydrogens (tertiary/aromatic N) is 2. The van der Waals surface area contributed by atoms with Crippen molar-refractivity contribution < 1.29 is 19.3 Å². The predicted octanol–water partition coefficient (Wildman–Crippen LogP) is 2.94. The maximum Gasteiger partial charge on any atom is 0.282 e. The number of anilines is 1. The molecule has 1 atom stereocenters. The van der Waals surface area contributed by atoms with Crippen LogP contribution in [0.1, 0.15) is 27.6 Å². The Bertz CT molecular complexity index is 975. The number of nitro groups is 1. The molecule has 0 radical (unpaired) electrons. The fourth-order valence-corrected chi connectivity index (χ4v) is 3.31. The number of hydrogen-bond acceptors (Lipinski definition) is 6. The lowest BCUT2D eigenvalue weighted by atomic mass is 10.1. The molecule has 0 saturated carbocycles. The van der Waals surface area contributed by atoms with E-state index in [-0.39, 0.29) is 11.1 Å². The van der Waals surface area contributed by atoms with Gasteiger partial charge in [-0.15, -0.1) is 11.8 Å². The predicted molar refractivity (Wildman–Crippen MR) is 99.9 cm³/mol. The summed E-state index contributed by atoms with van der Waals surface area (Å²) in [5, 5.41) is 13.8. The highest BCUT2D eigenvalue weighted by Gasteiger charge is 2.44. The van der Waals surface area contributed by atoms with Crippen LogP contribution in [0.5, 0.6) is 0 Å². The minimum atomic E-state index is -1.13. The van der Waals surface area contributed by atoms with E-state index in [0.717, 1.165) is 15.9 Å². The van der Waals surface area contributed by atoms with Gasteiger partial charge in [0.2, 0.25) is 5.91 Å². The van der Waals surface area contributed by atoms with Gasteiger partial charge in [-0.3, -0.25) is 29.4 Å². The molecule has 1 aliphatic rings. The number of amides is 3. The summed E-state index contributed by atoms with van der Waals surface area (Å²) in [6.07, 6.45) is 1.90. The first-order chi connectivity index (χ1) is 12.8. The zero-order chi connectivity index (χ0) is 19.7. The van der Waals surface area contributed by atoms with Gasteiger partial charge in [0.1, 0.15) is 11.6 Å². The number of hydrogen-bond donors (Lipinski definition) is 1. The molecule has 0 spiro atoms. The largest absolute Gasteiger partial charge is 0.324 e. The van der Waals surface area contributed by atoms with E-state index in [1.54, 1.807) is 18.2 Å². The Morgan fingerprint density at radius 3 is 2.56 bits per heavy atom. The molecule has 27 heavy (non-hydrogen) atoms. The van der Waals surface area contributed by atoms with Crippen molar-refractivity contribution in [1.29, 1.82) is 0 Å². The number of carbonyl (C=O) groups excluding carboxylic acids is 3.